The van der Waals surface area contributed by atoms with E-state index in [1.807, 2.05) is 6.92 Å². The molecule has 0 saturated heterocycles. The maximum atomic E-state index is 12.7. The normalized spacial score (nSPS) is 13.7. The molecule has 0 fully saturated rings. The number of thioether (sulfide) groups is 1. The zero-order valence-electron chi connectivity index (χ0n) is 10.5. The van der Waals surface area contributed by atoms with Gasteiger partial charge in [-0.25, -0.2) is 9.97 Å². The SMILES string of the molecule is Cc1nc(SC(CCN)C(F)(F)F)nc(C)c1C. The molecular weight excluding hydrogens is 263 g/mol. The Balaban J connectivity index is 2.94. The first-order chi connectivity index (χ1) is 8.25. The van der Waals surface area contributed by atoms with Gasteiger partial charge in [-0.1, -0.05) is 11.8 Å². The number of aryl methyl sites for hydroxylation is 2. The van der Waals surface area contributed by atoms with Crippen molar-refractivity contribution in [2.75, 3.05) is 6.54 Å². The molecule has 18 heavy (non-hydrogen) atoms. The highest BCUT2D eigenvalue weighted by Gasteiger charge is 2.40. The number of halogens is 3. The first kappa shape index (κ1) is 15.2. The van der Waals surface area contributed by atoms with Gasteiger partial charge in [-0.15, -0.1) is 0 Å². The average Bonchev–Trinajstić information content (AvgIpc) is 2.24. The van der Waals surface area contributed by atoms with Crippen molar-refractivity contribution in [3.8, 4) is 0 Å². The summed E-state index contributed by atoms with van der Waals surface area (Å²) in [5.41, 5.74) is 7.53. The van der Waals surface area contributed by atoms with Crippen LogP contribution in [0.25, 0.3) is 0 Å². The topological polar surface area (TPSA) is 51.8 Å². The van der Waals surface area contributed by atoms with Crippen LogP contribution in [0.3, 0.4) is 0 Å². The van der Waals surface area contributed by atoms with Crippen molar-refractivity contribution in [2.24, 2.45) is 5.73 Å². The van der Waals surface area contributed by atoms with Crippen LogP contribution in [0.2, 0.25) is 0 Å². The fourth-order valence-electron chi connectivity index (χ4n) is 1.36. The minimum Gasteiger partial charge on any atom is -0.330 e. The van der Waals surface area contributed by atoms with Crippen LogP contribution in [0.15, 0.2) is 5.16 Å². The second-order valence-electron chi connectivity index (χ2n) is 4.03. The molecule has 2 N–H and O–H groups in total. The molecule has 0 aliphatic carbocycles. The van der Waals surface area contributed by atoms with Crippen LogP contribution in [0.5, 0.6) is 0 Å². The van der Waals surface area contributed by atoms with Crippen LogP contribution >= 0.6 is 11.8 Å². The summed E-state index contributed by atoms with van der Waals surface area (Å²) in [6, 6.07) is 0. The minimum absolute atomic E-state index is 0.0129. The Bertz CT molecular complexity index is 397. The van der Waals surface area contributed by atoms with E-state index >= 15 is 0 Å². The standard InChI is InChI=1S/C11H16F3N3S/c1-6-7(2)16-10(17-8(6)3)18-9(4-5-15)11(12,13)14/h9H,4-5,15H2,1-3H3. The van der Waals surface area contributed by atoms with Crippen LogP contribution in [-0.4, -0.2) is 27.9 Å². The summed E-state index contributed by atoms with van der Waals surface area (Å²) in [5, 5.41) is -1.39. The molecule has 0 radical (unpaired) electrons. The largest absolute Gasteiger partial charge is 0.401 e. The highest BCUT2D eigenvalue weighted by molar-refractivity contribution is 7.99. The minimum atomic E-state index is -4.29. The van der Waals surface area contributed by atoms with E-state index in [-0.39, 0.29) is 18.1 Å². The first-order valence-corrected chi connectivity index (χ1v) is 6.39. The molecule has 1 aromatic heterocycles. The van der Waals surface area contributed by atoms with Gasteiger partial charge in [0.05, 0.1) is 0 Å². The molecule has 1 aromatic rings. The van der Waals surface area contributed by atoms with E-state index in [4.69, 9.17) is 5.73 Å². The van der Waals surface area contributed by atoms with Gasteiger partial charge >= 0.3 is 6.18 Å². The van der Waals surface area contributed by atoms with Crippen molar-refractivity contribution < 1.29 is 13.2 Å². The van der Waals surface area contributed by atoms with E-state index in [1.54, 1.807) is 13.8 Å². The number of aromatic nitrogens is 2. The van der Waals surface area contributed by atoms with Gasteiger partial charge in [-0.05, 0) is 39.3 Å². The summed E-state index contributed by atoms with van der Waals surface area (Å²) in [6.45, 7) is 5.36. The van der Waals surface area contributed by atoms with Gasteiger partial charge in [0.15, 0.2) is 5.16 Å². The van der Waals surface area contributed by atoms with Gasteiger partial charge < -0.3 is 5.73 Å². The van der Waals surface area contributed by atoms with E-state index in [0.29, 0.717) is 23.1 Å². The van der Waals surface area contributed by atoms with Crippen molar-refractivity contribution >= 4 is 11.8 Å². The number of rotatable bonds is 4. The number of nitrogens with two attached hydrogens (primary N) is 1. The van der Waals surface area contributed by atoms with Gasteiger partial charge in [0.2, 0.25) is 0 Å². The molecule has 0 amide bonds. The fourth-order valence-corrected chi connectivity index (χ4v) is 2.38. The Morgan fingerprint density at radius 3 is 2.06 bits per heavy atom. The molecule has 1 unspecified atom stereocenters. The molecule has 0 spiro atoms. The molecule has 7 heteroatoms. The number of alkyl halides is 3. The zero-order chi connectivity index (χ0) is 13.9. The predicted octanol–water partition coefficient (Wildman–Crippen LogP) is 2.77. The molecule has 0 saturated carbocycles. The summed E-state index contributed by atoms with van der Waals surface area (Å²) in [5.74, 6) is 0. The zero-order valence-corrected chi connectivity index (χ0v) is 11.3. The van der Waals surface area contributed by atoms with E-state index < -0.39 is 11.4 Å². The Hall–Kier alpha value is -0.820. The first-order valence-electron chi connectivity index (χ1n) is 5.51. The Kier molecular flexibility index (Phi) is 4.98. The van der Waals surface area contributed by atoms with E-state index in [9.17, 15) is 13.2 Å². The molecule has 102 valence electrons. The van der Waals surface area contributed by atoms with E-state index in [1.165, 1.54) is 0 Å². The maximum absolute atomic E-state index is 12.7. The molecule has 3 nitrogen and oxygen atoms in total. The van der Waals surface area contributed by atoms with E-state index in [2.05, 4.69) is 9.97 Å². The third kappa shape index (κ3) is 3.84. The van der Waals surface area contributed by atoms with Crippen molar-refractivity contribution in [1.29, 1.82) is 0 Å². The Morgan fingerprint density at radius 2 is 1.67 bits per heavy atom. The molecule has 0 aromatic carbocycles. The van der Waals surface area contributed by atoms with Gasteiger partial charge in [0.1, 0.15) is 5.25 Å². The third-order valence-electron chi connectivity index (χ3n) is 2.65. The van der Waals surface area contributed by atoms with E-state index in [0.717, 1.165) is 5.56 Å². The van der Waals surface area contributed by atoms with Gasteiger partial charge in [-0.3, -0.25) is 0 Å². The quantitative estimate of drug-likeness (QED) is 0.680. The molecule has 1 heterocycles. The molecule has 0 aliphatic heterocycles. The van der Waals surface area contributed by atoms with Crippen molar-refractivity contribution in [3.05, 3.63) is 17.0 Å². The lowest BCUT2D eigenvalue weighted by molar-refractivity contribution is -0.129. The highest BCUT2D eigenvalue weighted by atomic mass is 32.2. The van der Waals surface area contributed by atoms with Crippen LogP contribution in [0.1, 0.15) is 23.4 Å². The lowest BCUT2D eigenvalue weighted by Crippen LogP contribution is -2.28. The monoisotopic (exact) mass is 279 g/mol. The summed E-state index contributed by atoms with van der Waals surface area (Å²) in [7, 11) is 0. The lowest BCUT2D eigenvalue weighted by Gasteiger charge is -2.18. The smallest absolute Gasteiger partial charge is 0.330 e. The summed E-state index contributed by atoms with van der Waals surface area (Å²) in [4.78, 5) is 8.16. The van der Waals surface area contributed by atoms with Gasteiger partial charge in [-0.2, -0.15) is 13.2 Å². The Morgan fingerprint density at radius 1 is 1.17 bits per heavy atom. The fraction of sp³-hybridized carbons (Fsp3) is 0.636. The number of hydrogen-bond donors (Lipinski definition) is 1. The average molecular weight is 279 g/mol. The van der Waals surface area contributed by atoms with Crippen LogP contribution in [0.4, 0.5) is 13.2 Å². The molecular formula is C11H16F3N3S. The van der Waals surface area contributed by atoms with Crippen LogP contribution in [-0.2, 0) is 0 Å². The predicted molar refractivity (Wildman–Crippen MR) is 65.6 cm³/mol. The molecule has 1 rings (SSSR count). The lowest BCUT2D eigenvalue weighted by atomic mass is 10.2. The third-order valence-corrected chi connectivity index (χ3v) is 3.83. The number of nitrogens with zero attached hydrogens (tertiary/aromatic N) is 2. The Labute approximate surface area is 108 Å². The summed E-state index contributed by atoms with van der Waals surface area (Å²) in [6.07, 6.45) is -4.43. The van der Waals surface area contributed by atoms with Gasteiger partial charge in [0.25, 0.3) is 0 Å². The van der Waals surface area contributed by atoms with Crippen molar-refractivity contribution in [1.82, 2.24) is 9.97 Å². The van der Waals surface area contributed by atoms with Crippen molar-refractivity contribution in [3.63, 3.8) is 0 Å². The molecule has 1 atom stereocenters. The second-order valence-corrected chi connectivity index (χ2v) is 5.20. The maximum Gasteiger partial charge on any atom is 0.401 e. The highest BCUT2D eigenvalue weighted by Crippen LogP contribution is 2.35. The summed E-state index contributed by atoms with van der Waals surface area (Å²) < 4.78 is 38.2. The number of hydrogen-bond acceptors (Lipinski definition) is 4. The molecule has 0 aliphatic rings. The second kappa shape index (κ2) is 5.88. The van der Waals surface area contributed by atoms with Crippen LogP contribution < -0.4 is 5.73 Å². The van der Waals surface area contributed by atoms with Crippen LogP contribution in [0, 0.1) is 20.8 Å². The summed E-state index contributed by atoms with van der Waals surface area (Å²) >= 11 is 0.630. The molecule has 0 bridgehead atoms. The van der Waals surface area contributed by atoms with Crippen molar-refractivity contribution in [2.45, 2.75) is 43.8 Å². The van der Waals surface area contributed by atoms with Gasteiger partial charge in [0, 0.05) is 11.4 Å².